The number of phenolic OH excluding ortho intramolecular Hbond substituents is 1. The smallest absolute Gasteiger partial charge is 0.409 e. The minimum atomic E-state index is -0.288. The highest BCUT2D eigenvalue weighted by Gasteiger charge is 2.25. The molecule has 1 aliphatic heterocycles. The van der Waals surface area contributed by atoms with E-state index in [1.54, 1.807) is 23.1 Å². The number of rotatable bonds is 4. The monoisotopic (exact) mass is 320 g/mol. The second kappa shape index (κ2) is 7.85. The van der Waals surface area contributed by atoms with E-state index in [4.69, 9.17) is 4.74 Å². The maximum Gasteiger partial charge on any atom is 0.409 e. The second-order valence-corrected chi connectivity index (χ2v) is 6.22. The number of hydrogen-bond donors (Lipinski definition) is 2. The van der Waals surface area contributed by atoms with E-state index >= 15 is 0 Å². The summed E-state index contributed by atoms with van der Waals surface area (Å²) in [4.78, 5) is 25.7. The van der Waals surface area contributed by atoms with Gasteiger partial charge in [0.15, 0.2) is 0 Å². The summed E-state index contributed by atoms with van der Waals surface area (Å²) in [5, 5.41) is 12.6. The molecule has 0 radical (unpaired) electrons. The number of phenols is 1. The van der Waals surface area contributed by atoms with Gasteiger partial charge >= 0.3 is 6.09 Å². The lowest BCUT2D eigenvalue weighted by Gasteiger charge is -2.31. The van der Waals surface area contributed by atoms with Gasteiger partial charge in [-0.2, -0.15) is 0 Å². The van der Waals surface area contributed by atoms with Crippen LogP contribution in [0.4, 0.5) is 4.79 Å². The maximum atomic E-state index is 12.2. The number of nitrogens with zero attached hydrogens (tertiary/aromatic N) is 1. The van der Waals surface area contributed by atoms with Gasteiger partial charge < -0.3 is 20.1 Å². The molecule has 1 saturated heterocycles. The summed E-state index contributed by atoms with van der Waals surface area (Å²) in [7, 11) is 0. The molecule has 0 atom stereocenters. The second-order valence-electron chi connectivity index (χ2n) is 6.22. The lowest BCUT2D eigenvalue weighted by molar-refractivity contribution is 0.0785. The quantitative estimate of drug-likeness (QED) is 0.893. The Bertz CT molecular complexity index is 551. The standard InChI is InChI=1S/C17H24N2O4/c1-12(2)11-23-17(22)19-9-7-13(8-10-19)18-16(21)14-5-3-4-6-15(14)20/h3-6,12-13,20H,7-11H2,1-2H3,(H,18,21). The van der Waals surface area contributed by atoms with Gasteiger partial charge in [-0.1, -0.05) is 26.0 Å². The van der Waals surface area contributed by atoms with Gasteiger partial charge in [-0.3, -0.25) is 4.79 Å². The number of amides is 2. The van der Waals surface area contributed by atoms with E-state index in [-0.39, 0.29) is 29.4 Å². The lowest BCUT2D eigenvalue weighted by Crippen LogP contribution is -2.46. The summed E-state index contributed by atoms with van der Waals surface area (Å²) >= 11 is 0. The molecule has 1 fully saturated rings. The van der Waals surface area contributed by atoms with E-state index in [0.717, 1.165) is 0 Å². The van der Waals surface area contributed by atoms with Crippen molar-refractivity contribution < 1.29 is 19.4 Å². The van der Waals surface area contributed by atoms with Gasteiger partial charge in [0.1, 0.15) is 5.75 Å². The van der Waals surface area contributed by atoms with Crippen LogP contribution in [0.25, 0.3) is 0 Å². The minimum absolute atomic E-state index is 0.00347. The van der Waals surface area contributed by atoms with Gasteiger partial charge in [-0.15, -0.1) is 0 Å². The molecular weight excluding hydrogens is 296 g/mol. The third-order valence-corrected chi connectivity index (χ3v) is 3.78. The first-order chi connectivity index (χ1) is 11.0. The minimum Gasteiger partial charge on any atom is -0.507 e. The average molecular weight is 320 g/mol. The molecule has 126 valence electrons. The maximum absolute atomic E-state index is 12.2. The first-order valence-electron chi connectivity index (χ1n) is 7.98. The van der Waals surface area contributed by atoms with Crippen LogP contribution in [0.3, 0.4) is 0 Å². The summed E-state index contributed by atoms with van der Waals surface area (Å²) in [5.41, 5.74) is 0.270. The molecule has 1 heterocycles. The Hall–Kier alpha value is -2.24. The van der Waals surface area contributed by atoms with E-state index in [1.807, 2.05) is 13.8 Å². The molecule has 2 rings (SSSR count). The number of carbonyl (C=O) groups is 2. The van der Waals surface area contributed by atoms with Crippen molar-refractivity contribution in [1.82, 2.24) is 10.2 Å². The Kier molecular flexibility index (Phi) is 5.84. The van der Waals surface area contributed by atoms with Crippen molar-refractivity contribution in [1.29, 1.82) is 0 Å². The fraction of sp³-hybridized carbons (Fsp3) is 0.529. The van der Waals surface area contributed by atoms with Crippen LogP contribution in [-0.4, -0.2) is 47.7 Å². The Labute approximate surface area is 136 Å². The summed E-state index contributed by atoms with van der Waals surface area (Å²) in [6, 6.07) is 6.46. The van der Waals surface area contributed by atoms with Crippen LogP contribution in [0.2, 0.25) is 0 Å². The van der Waals surface area contributed by atoms with Crippen LogP contribution in [0.1, 0.15) is 37.0 Å². The highest BCUT2D eigenvalue weighted by molar-refractivity contribution is 5.96. The average Bonchev–Trinajstić information content (AvgIpc) is 2.53. The fourth-order valence-corrected chi connectivity index (χ4v) is 2.46. The van der Waals surface area contributed by atoms with Crippen LogP contribution in [0.5, 0.6) is 5.75 Å². The summed E-state index contributed by atoms with van der Waals surface area (Å²) in [5.74, 6) is -0.00189. The van der Waals surface area contributed by atoms with Crippen molar-refractivity contribution in [2.24, 2.45) is 5.92 Å². The highest BCUT2D eigenvalue weighted by atomic mass is 16.6. The number of hydrogen-bond acceptors (Lipinski definition) is 4. The van der Waals surface area contributed by atoms with Gasteiger partial charge in [0.05, 0.1) is 12.2 Å². The van der Waals surface area contributed by atoms with Crippen molar-refractivity contribution in [2.75, 3.05) is 19.7 Å². The molecule has 6 nitrogen and oxygen atoms in total. The number of para-hydroxylation sites is 1. The van der Waals surface area contributed by atoms with Gasteiger partial charge in [-0.25, -0.2) is 4.79 Å². The molecule has 1 aliphatic rings. The zero-order chi connectivity index (χ0) is 16.8. The molecule has 0 bridgehead atoms. The van der Waals surface area contributed by atoms with E-state index in [2.05, 4.69) is 5.32 Å². The normalized spacial score (nSPS) is 15.5. The van der Waals surface area contributed by atoms with E-state index in [0.29, 0.717) is 38.5 Å². The van der Waals surface area contributed by atoms with E-state index in [9.17, 15) is 14.7 Å². The Morgan fingerprint density at radius 2 is 1.96 bits per heavy atom. The molecule has 0 aromatic heterocycles. The molecule has 0 saturated carbocycles. The molecule has 0 unspecified atom stereocenters. The molecular formula is C17H24N2O4. The number of nitrogens with one attached hydrogen (secondary N) is 1. The first-order valence-corrected chi connectivity index (χ1v) is 7.98. The van der Waals surface area contributed by atoms with Crippen LogP contribution in [-0.2, 0) is 4.74 Å². The van der Waals surface area contributed by atoms with Crippen LogP contribution in [0.15, 0.2) is 24.3 Å². The summed E-state index contributed by atoms with van der Waals surface area (Å²) in [6.45, 7) is 5.52. The Morgan fingerprint density at radius 3 is 2.57 bits per heavy atom. The van der Waals surface area contributed by atoms with Crippen LogP contribution < -0.4 is 5.32 Å². The van der Waals surface area contributed by atoms with Crippen LogP contribution >= 0.6 is 0 Å². The molecule has 2 amide bonds. The van der Waals surface area contributed by atoms with E-state index < -0.39 is 0 Å². The van der Waals surface area contributed by atoms with Gasteiger partial charge in [0.2, 0.25) is 0 Å². The van der Waals surface area contributed by atoms with Crippen molar-refractivity contribution in [3.63, 3.8) is 0 Å². The van der Waals surface area contributed by atoms with Gasteiger partial charge in [-0.05, 0) is 30.9 Å². The van der Waals surface area contributed by atoms with Crippen molar-refractivity contribution in [3.05, 3.63) is 29.8 Å². The number of benzene rings is 1. The number of likely N-dealkylation sites (tertiary alicyclic amines) is 1. The number of piperidine rings is 1. The third-order valence-electron chi connectivity index (χ3n) is 3.78. The Balaban J connectivity index is 1.80. The largest absolute Gasteiger partial charge is 0.507 e. The molecule has 1 aromatic rings. The van der Waals surface area contributed by atoms with Crippen molar-refractivity contribution in [3.8, 4) is 5.75 Å². The van der Waals surface area contributed by atoms with E-state index in [1.165, 1.54) is 6.07 Å². The highest BCUT2D eigenvalue weighted by Crippen LogP contribution is 2.17. The lowest BCUT2D eigenvalue weighted by atomic mass is 10.0. The van der Waals surface area contributed by atoms with Crippen molar-refractivity contribution in [2.45, 2.75) is 32.7 Å². The number of ether oxygens (including phenoxy) is 1. The van der Waals surface area contributed by atoms with Gasteiger partial charge in [0.25, 0.3) is 5.91 Å². The fourth-order valence-electron chi connectivity index (χ4n) is 2.46. The summed E-state index contributed by atoms with van der Waals surface area (Å²) in [6.07, 6.45) is 1.07. The predicted octanol–water partition coefficient (Wildman–Crippen LogP) is 2.38. The molecule has 6 heteroatoms. The number of aromatic hydroxyl groups is 1. The molecule has 23 heavy (non-hydrogen) atoms. The summed E-state index contributed by atoms with van der Waals surface area (Å²) < 4.78 is 5.21. The molecule has 0 aliphatic carbocycles. The van der Waals surface area contributed by atoms with Gasteiger partial charge in [0, 0.05) is 19.1 Å². The topological polar surface area (TPSA) is 78.9 Å². The zero-order valence-electron chi connectivity index (χ0n) is 13.6. The predicted molar refractivity (Wildman–Crippen MR) is 86.4 cm³/mol. The van der Waals surface area contributed by atoms with Crippen molar-refractivity contribution >= 4 is 12.0 Å². The zero-order valence-corrected chi connectivity index (χ0v) is 13.6. The molecule has 2 N–H and O–H groups in total. The number of carbonyl (C=O) groups excluding carboxylic acids is 2. The van der Waals surface area contributed by atoms with Crippen LogP contribution in [0, 0.1) is 5.92 Å². The molecule has 0 spiro atoms. The molecule has 1 aromatic carbocycles. The SMILES string of the molecule is CC(C)COC(=O)N1CCC(NC(=O)c2ccccc2O)CC1. The third kappa shape index (κ3) is 4.87. The first kappa shape index (κ1) is 17.1. The Morgan fingerprint density at radius 1 is 1.30 bits per heavy atom.